The van der Waals surface area contributed by atoms with Crippen LogP contribution in [0.3, 0.4) is 0 Å². The molecule has 0 radical (unpaired) electrons. The molecule has 0 unspecified atom stereocenters. The number of aromatic nitrogens is 4. The van der Waals surface area contributed by atoms with E-state index in [9.17, 15) is 4.79 Å². The molecule has 8 heteroatoms. The number of piperidine rings is 1. The van der Waals surface area contributed by atoms with E-state index in [-0.39, 0.29) is 5.91 Å². The Morgan fingerprint density at radius 1 is 1.17 bits per heavy atom. The van der Waals surface area contributed by atoms with Crippen LogP contribution in [-0.2, 0) is 4.79 Å². The molecular weight excluding hydrogens is 398 g/mol. The number of carbonyl (C=O) groups is 1. The Bertz CT molecular complexity index is 1010. The number of para-hydroxylation sites is 2. The summed E-state index contributed by atoms with van der Waals surface area (Å²) in [5.41, 5.74) is 1.73. The lowest BCUT2D eigenvalue weighted by Crippen LogP contribution is -2.42. The van der Waals surface area contributed by atoms with Gasteiger partial charge in [0.1, 0.15) is 5.75 Å². The standard InChI is InChI=1S/C22H25N5O2S/c1-16-7-5-6-14-26(16)20(28)15-30-22-25-24-21(17-10-12-23-13-11-17)27(22)18-8-3-4-9-19(18)29-2/h3-4,8-13,16H,5-7,14-15H2,1-2H3/t16-/m0/s1. The Morgan fingerprint density at radius 2 is 1.97 bits per heavy atom. The van der Waals surface area contributed by atoms with Crippen molar-refractivity contribution >= 4 is 17.7 Å². The summed E-state index contributed by atoms with van der Waals surface area (Å²) in [4.78, 5) is 18.9. The van der Waals surface area contributed by atoms with Crippen molar-refractivity contribution in [1.29, 1.82) is 0 Å². The minimum atomic E-state index is 0.146. The Kier molecular flexibility index (Phi) is 6.32. The number of amides is 1. The van der Waals surface area contributed by atoms with Crippen LogP contribution in [0.5, 0.6) is 5.75 Å². The number of likely N-dealkylation sites (tertiary alicyclic amines) is 1. The van der Waals surface area contributed by atoms with Crippen molar-refractivity contribution in [2.75, 3.05) is 19.4 Å². The molecule has 156 valence electrons. The van der Waals surface area contributed by atoms with E-state index in [1.807, 2.05) is 45.9 Å². The summed E-state index contributed by atoms with van der Waals surface area (Å²) < 4.78 is 7.53. The second kappa shape index (κ2) is 9.30. The summed E-state index contributed by atoms with van der Waals surface area (Å²) in [6.07, 6.45) is 6.79. The first kappa shape index (κ1) is 20.4. The fourth-order valence-electron chi connectivity index (χ4n) is 3.76. The zero-order chi connectivity index (χ0) is 20.9. The van der Waals surface area contributed by atoms with Crippen LogP contribution in [0.15, 0.2) is 53.9 Å². The molecule has 1 aliphatic rings. The van der Waals surface area contributed by atoms with Gasteiger partial charge in [-0.05, 0) is 50.5 Å². The third-order valence-corrected chi connectivity index (χ3v) is 6.26. The molecule has 1 aromatic carbocycles. The van der Waals surface area contributed by atoms with Crippen LogP contribution in [0.1, 0.15) is 26.2 Å². The zero-order valence-electron chi connectivity index (χ0n) is 17.2. The van der Waals surface area contributed by atoms with E-state index in [4.69, 9.17) is 4.74 Å². The zero-order valence-corrected chi connectivity index (χ0v) is 18.0. The molecule has 0 bridgehead atoms. The molecule has 1 amide bonds. The quantitative estimate of drug-likeness (QED) is 0.561. The Hall–Kier alpha value is -2.87. The normalized spacial score (nSPS) is 16.5. The summed E-state index contributed by atoms with van der Waals surface area (Å²) in [5, 5.41) is 9.49. The van der Waals surface area contributed by atoms with Gasteiger partial charge < -0.3 is 9.64 Å². The molecule has 3 aromatic rings. The third-order valence-electron chi connectivity index (χ3n) is 5.35. The Morgan fingerprint density at radius 3 is 2.73 bits per heavy atom. The van der Waals surface area contributed by atoms with Crippen LogP contribution in [-0.4, -0.2) is 56.0 Å². The number of pyridine rings is 1. The van der Waals surface area contributed by atoms with Crippen LogP contribution in [0, 0.1) is 0 Å². The van der Waals surface area contributed by atoms with E-state index in [0.717, 1.165) is 30.6 Å². The molecular formula is C22H25N5O2S. The maximum absolute atomic E-state index is 12.8. The Labute approximate surface area is 180 Å². The number of thioether (sulfide) groups is 1. The molecule has 1 saturated heterocycles. The van der Waals surface area contributed by atoms with Gasteiger partial charge in [-0.15, -0.1) is 10.2 Å². The number of hydrogen-bond donors (Lipinski definition) is 0. The third kappa shape index (κ3) is 4.18. The molecule has 1 atom stereocenters. The fraction of sp³-hybridized carbons (Fsp3) is 0.364. The predicted molar refractivity (Wildman–Crippen MR) is 117 cm³/mol. The van der Waals surface area contributed by atoms with Gasteiger partial charge in [0.2, 0.25) is 5.91 Å². The molecule has 0 N–H and O–H groups in total. The maximum Gasteiger partial charge on any atom is 0.233 e. The molecule has 0 aliphatic carbocycles. The average Bonchev–Trinajstić information content (AvgIpc) is 3.22. The highest BCUT2D eigenvalue weighted by molar-refractivity contribution is 7.99. The summed E-state index contributed by atoms with van der Waals surface area (Å²) in [6.45, 7) is 2.96. The van der Waals surface area contributed by atoms with Crippen molar-refractivity contribution in [3.05, 3.63) is 48.8 Å². The van der Waals surface area contributed by atoms with Crippen LogP contribution in [0.25, 0.3) is 17.1 Å². The second-order valence-electron chi connectivity index (χ2n) is 7.27. The highest BCUT2D eigenvalue weighted by Gasteiger charge is 2.25. The smallest absolute Gasteiger partial charge is 0.233 e. The van der Waals surface area contributed by atoms with E-state index in [1.165, 1.54) is 18.2 Å². The topological polar surface area (TPSA) is 73.1 Å². The van der Waals surface area contributed by atoms with Gasteiger partial charge in [-0.3, -0.25) is 14.3 Å². The highest BCUT2D eigenvalue weighted by atomic mass is 32.2. The molecule has 3 heterocycles. The fourth-order valence-corrected chi connectivity index (χ4v) is 4.59. The minimum Gasteiger partial charge on any atom is -0.495 e. The summed E-state index contributed by atoms with van der Waals surface area (Å²) in [7, 11) is 1.64. The van der Waals surface area contributed by atoms with E-state index in [0.29, 0.717) is 28.5 Å². The van der Waals surface area contributed by atoms with Gasteiger partial charge in [0.05, 0.1) is 18.6 Å². The summed E-state index contributed by atoms with van der Waals surface area (Å²) in [6, 6.07) is 11.8. The van der Waals surface area contributed by atoms with Gasteiger partial charge in [-0.1, -0.05) is 23.9 Å². The average molecular weight is 424 g/mol. The lowest BCUT2D eigenvalue weighted by molar-refractivity contribution is -0.131. The van der Waals surface area contributed by atoms with E-state index >= 15 is 0 Å². The lowest BCUT2D eigenvalue weighted by atomic mass is 10.0. The first-order valence-electron chi connectivity index (χ1n) is 10.1. The van der Waals surface area contributed by atoms with Crippen molar-refractivity contribution in [2.24, 2.45) is 0 Å². The summed E-state index contributed by atoms with van der Waals surface area (Å²) in [5.74, 6) is 1.87. The minimum absolute atomic E-state index is 0.146. The van der Waals surface area contributed by atoms with Gasteiger partial charge >= 0.3 is 0 Å². The van der Waals surface area contributed by atoms with Crippen LogP contribution in [0.4, 0.5) is 0 Å². The van der Waals surface area contributed by atoms with Gasteiger partial charge in [0.15, 0.2) is 11.0 Å². The molecule has 4 rings (SSSR count). The number of benzene rings is 1. The molecule has 7 nitrogen and oxygen atoms in total. The molecule has 1 aliphatic heterocycles. The van der Waals surface area contributed by atoms with Crippen molar-refractivity contribution in [1.82, 2.24) is 24.6 Å². The Balaban J connectivity index is 1.66. The molecule has 0 saturated carbocycles. The number of nitrogens with zero attached hydrogens (tertiary/aromatic N) is 5. The van der Waals surface area contributed by atoms with E-state index < -0.39 is 0 Å². The first-order valence-corrected chi connectivity index (χ1v) is 11.1. The van der Waals surface area contributed by atoms with Crippen molar-refractivity contribution in [3.63, 3.8) is 0 Å². The van der Waals surface area contributed by atoms with Crippen LogP contribution in [0.2, 0.25) is 0 Å². The highest BCUT2D eigenvalue weighted by Crippen LogP contribution is 2.32. The van der Waals surface area contributed by atoms with Crippen LogP contribution < -0.4 is 4.74 Å². The summed E-state index contributed by atoms with van der Waals surface area (Å²) >= 11 is 1.41. The van der Waals surface area contributed by atoms with Crippen LogP contribution >= 0.6 is 11.8 Å². The molecule has 30 heavy (non-hydrogen) atoms. The molecule has 2 aromatic heterocycles. The van der Waals surface area contributed by atoms with E-state index in [1.54, 1.807) is 19.5 Å². The van der Waals surface area contributed by atoms with Crippen molar-refractivity contribution in [2.45, 2.75) is 37.4 Å². The van der Waals surface area contributed by atoms with Gasteiger partial charge in [-0.2, -0.15) is 0 Å². The number of methoxy groups -OCH3 is 1. The number of hydrogen-bond acceptors (Lipinski definition) is 6. The second-order valence-corrected chi connectivity index (χ2v) is 8.21. The lowest BCUT2D eigenvalue weighted by Gasteiger charge is -2.33. The van der Waals surface area contributed by atoms with Gasteiger partial charge in [-0.25, -0.2) is 0 Å². The number of ether oxygens (including phenoxy) is 1. The largest absolute Gasteiger partial charge is 0.495 e. The molecule has 0 spiro atoms. The monoisotopic (exact) mass is 423 g/mol. The van der Waals surface area contributed by atoms with Crippen molar-refractivity contribution in [3.8, 4) is 22.8 Å². The number of rotatable bonds is 6. The van der Waals surface area contributed by atoms with Gasteiger partial charge in [0.25, 0.3) is 0 Å². The SMILES string of the molecule is COc1ccccc1-n1c(SCC(=O)N2CCCC[C@@H]2C)nnc1-c1ccncc1. The van der Waals surface area contributed by atoms with Crippen molar-refractivity contribution < 1.29 is 9.53 Å². The van der Waals surface area contributed by atoms with Gasteiger partial charge in [0, 0.05) is 30.5 Å². The molecule has 1 fully saturated rings. The maximum atomic E-state index is 12.8. The first-order chi connectivity index (χ1) is 14.7. The van der Waals surface area contributed by atoms with E-state index in [2.05, 4.69) is 22.1 Å². The predicted octanol–water partition coefficient (Wildman–Crippen LogP) is 3.83. The number of carbonyl (C=O) groups excluding carboxylic acids is 1.